The molecule has 0 bridgehead atoms. The SMILES string of the molecule is OC1=CC(O)=C(O)C(c2ccccc2)=C(O)C1. The quantitative estimate of drug-likeness (QED) is 0.599. The Morgan fingerprint density at radius 2 is 1.53 bits per heavy atom. The lowest BCUT2D eigenvalue weighted by Crippen LogP contribution is -1.96. The number of aliphatic hydroxyl groups is 4. The van der Waals surface area contributed by atoms with Crippen LogP contribution in [0.5, 0.6) is 0 Å². The van der Waals surface area contributed by atoms with E-state index in [0.29, 0.717) is 5.56 Å². The van der Waals surface area contributed by atoms with Gasteiger partial charge in [0.25, 0.3) is 0 Å². The van der Waals surface area contributed by atoms with Crippen molar-refractivity contribution in [1.82, 2.24) is 0 Å². The number of hydrogen-bond donors (Lipinski definition) is 4. The lowest BCUT2D eigenvalue weighted by Gasteiger charge is -2.09. The molecular weight excluding hydrogens is 220 g/mol. The molecule has 88 valence electrons. The summed E-state index contributed by atoms with van der Waals surface area (Å²) in [7, 11) is 0. The van der Waals surface area contributed by atoms with E-state index >= 15 is 0 Å². The molecule has 2 rings (SSSR count). The lowest BCUT2D eigenvalue weighted by atomic mass is 10.0. The normalized spacial score (nSPS) is 16.8. The van der Waals surface area contributed by atoms with E-state index in [0.717, 1.165) is 6.08 Å². The van der Waals surface area contributed by atoms with Gasteiger partial charge in [0, 0.05) is 6.08 Å². The maximum absolute atomic E-state index is 9.83. The molecular formula is C13H12O4. The highest BCUT2D eigenvalue weighted by molar-refractivity contribution is 5.79. The summed E-state index contributed by atoms with van der Waals surface area (Å²) in [6.45, 7) is 0. The molecule has 0 radical (unpaired) electrons. The fourth-order valence-electron chi connectivity index (χ4n) is 1.71. The number of rotatable bonds is 1. The third-order valence-electron chi connectivity index (χ3n) is 2.48. The van der Waals surface area contributed by atoms with Gasteiger partial charge < -0.3 is 20.4 Å². The Morgan fingerprint density at radius 3 is 2.18 bits per heavy atom. The van der Waals surface area contributed by atoms with Gasteiger partial charge in [0.15, 0.2) is 11.5 Å². The summed E-state index contributed by atoms with van der Waals surface area (Å²) < 4.78 is 0. The summed E-state index contributed by atoms with van der Waals surface area (Å²) in [5.74, 6) is -1.31. The summed E-state index contributed by atoms with van der Waals surface area (Å²) in [5.41, 5.74) is 0.695. The van der Waals surface area contributed by atoms with Crippen molar-refractivity contribution in [1.29, 1.82) is 0 Å². The van der Waals surface area contributed by atoms with Crippen LogP contribution in [0, 0.1) is 0 Å². The largest absolute Gasteiger partial charge is 0.512 e. The third kappa shape index (κ3) is 2.10. The van der Waals surface area contributed by atoms with Gasteiger partial charge in [-0.2, -0.15) is 0 Å². The monoisotopic (exact) mass is 232 g/mol. The first kappa shape index (κ1) is 11.1. The van der Waals surface area contributed by atoms with Crippen molar-refractivity contribution in [3.63, 3.8) is 0 Å². The van der Waals surface area contributed by atoms with Crippen LogP contribution in [0.2, 0.25) is 0 Å². The molecule has 0 spiro atoms. The first-order valence-corrected chi connectivity index (χ1v) is 5.09. The van der Waals surface area contributed by atoms with Gasteiger partial charge in [-0.15, -0.1) is 0 Å². The van der Waals surface area contributed by atoms with Crippen LogP contribution in [0.25, 0.3) is 5.57 Å². The Balaban J connectivity index is 2.60. The van der Waals surface area contributed by atoms with Gasteiger partial charge in [0.05, 0.1) is 12.0 Å². The summed E-state index contributed by atoms with van der Waals surface area (Å²) in [5, 5.41) is 38.5. The number of hydrogen-bond acceptors (Lipinski definition) is 4. The van der Waals surface area contributed by atoms with Crippen LogP contribution >= 0.6 is 0 Å². The standard InChI is InChI=1S/C13H12O4/c14-9-6-10(15)12(13(17)11(16)7-9)8-4-2-1-3-5-8/h1-5,7,14-17H,6H2. The molecule has 0 fully saturated rings. The highest BCUT2D eigenvalue weighted by Crippen LogP contribution is 2.31. The number of aliphatic hydroxyl groups excluding tert-OH is 4. The van der Waals surface area contributed by atoms with Crippen LogP contribution in [0.15, 0.2) is 59.4 Å². The fourth-order valence-corrected chi connectivity index (χ4v) is 1.71. The van der Waals surface area contributed by atoms with Gasteiger partial charge in [-0.3, -0.25) is 0 Å². The van der Waals surface area contributed by atoms with Crippen molar-refractivity contribution in [3.8, 4) is 0 Å². The molecule has 1 aromatic rings. The van der Waals surface area contributed by atoms with Crippen molar-refractivity contribution in [2.45, 2.75) is 6.42 Å². The molecule has 1 aromatic carbocycles. The molecule has 0 saturated carbocycles. The van der Waals surface area contributed by atoms with Crippen molar-refractivity contribution in [2.75, 3.05) is 0 Å². The van der Waals surface area contributed by atoms with Gasteiger partial charge in [0.1, 0.15) is 11.5 Å². The van der Waals surface area contributed by atoms with Crippen molar-refractivity contribution < 1.29 is 20.4 Å². The van der Waals surface area contributed by atoms with E-state index in [1.54, 1.807) is 30.3 Å². The third-order valence-corrected chi connectivity index (χ3v) is 2.48. The average Bonchev–Trinajstić information content (AvgIpc) is 2.38. The Morgan fingerprint density at radius 1 is 0.882 bits per heavy atom. The molecule has 17 heavy (non-hydrogen) atoms. The first-order chi connectivity index (χ1) is 8.09. The summed E-state index contributed by atoms with van der Waals surface area (Å²) in [4.78, 5) is 0. The van der Waals surface area contributed by atoms with Crippen LogP contribution in [-0.2, 0) is 0 Å². The van der Waals surface area contributed by atoms with E-state index in [4.69, 9.17) is 0 Å². The maximum Gasteiger partial charge on any atom is 0.168 e. The van der Waals surface area contributed by atoms with Gasteiger partial charge in [0.2, 0.25) is 0 Å². The highest BCUT2D eigenvalue weighted by atomic mass is 16.3. The van der Waals surface area contributed by atoms with Crippen LogP contribution in [0.4, 0.5) is 0 Å². The van der Waals surface area contributed by atoms with E-state index in [1.165, 1.54) is 0 Å². The van der Waals surface area contributed by atoms with E-state index in [2.05, 4.69) is 0 Å². The zero-order valence-corrected chi connectivity index (χ0v) is 8.96. The molecule has 4 heteroatoms. The first-order valence-electron chi connectivity index (χ1n) is 5.09. The minimum Gasteiger partial charge on any atom is -0.512 e. The van der Waals surface area contributed by atoms with Gasteiger partial charge in [-0.25, -0.2) is 0 Å². The Kier molecular flexibility index (Phi) is 2.78. The molecule has 0 saturated heterocycles. The van der Waals surface area contributed by atoms with E-state index in [9.17, 15) is 20.4 Å². The Labute approximate surface area is 98.1 Å². The zero-order valence-electron chi connectivity index (χ0n) is 8.96. The predicted molar refractivity (Wildman–Crippen MR) is 63.6 cm³/mol. The van der Waals surface area contributed by atoms with Gasteiger partial charge in [-0.05, 0) is 5.56 Å². The average molecular weight is 232 g/mol. The molecule has 4 N–H and O–H groups in total. The highest BCUT2D eigenvalue weighted by Gasteiger charge is 2.20. The van der Waals surface area contributed by atoms with Crippen LogP contribution < -0.4 is 0 Å². The molecule has 0 heterocycles. The minimum atomic E-state index is -0.467. The van der Waals surface area contributed by atoms with E-state index in [-0.39, 0.29) is 23.5 Å². The van der Waals surface area contributed by atoms with Crippen LogP contribution in [0.3, 0.4) is 0 Å². The molecule has 1 aliphatic carbocycles. The van der Waals surface area contributed by atoms with Crippen LogP contribution in [0.1, 0.15) is 12.0 Å². The number of benzene rings is 1. The molecule has 0 aromatic heterocycles. The van der Waals surface area contributed by atoms with Crippen molar-refractivity contribution in [2.24, 2.45) is 0 Å². The Hall–Kier alpha value is -2.36. The fraction of sp³-hybridized carbons (Fsp3) is 0.0769. The smallest absolute Gasteiger partial charge is 0.168 e. The van der Waals surface area contributed by atoms with Crippen LogP contribution in [-0.4, -0.2) is 20.4 Å². The number of allylic oxidation sites excluding steroid dienone is 2. The second-order valence-corrected chi connectivity index (χ2v) is 3.73. The summed E-state index contributed by atoms with van der Waals surface area (Å²) >= 11 is 0. The summed E-state index contributed by atoms with van der Waals surface area (Å²) in [6.07, 6.45) is 0.889. The predicted octanol–water partition coefficient (Wildman–Crippen LogP) is 3.13. The zero-order chi connectivity index (χ0) is 12.4. The maximum atomic E-state index is 9.83. The molecule has 4 nitrogen and oxygen atoms in total. The van der Waals surface area contributed by atoms with E-state index in [1.807, 2.05) is 0 Å². The van der Waals surface area contributed by atoms with Gasteiger partial charge in [-0.1, -0.05) is 30.3 Å². The molecule has 0 atom stereocenters. The molecule has 1 aliphatic rings. The molecule has 0 aliphatic heterocycles. The lowest BCUT2D eigenvalue weighted by molar-refractivity contribution is 0.341. The second-order valence-electron chi connectivity index (χ2n) is 3.73. The minimum absolute atomic E-state index is 0.127. The Bertz CT molecular complexity index is 524. The van der Waals surface area contributed by atoms with E-state index < -0.39 is 11.5 Å². The molecule has 0 amide bonds. The summed E-state index contributed by atoms with van der Waals surface area (Å²) in [6, 6.07) is 8.68. The topological polar surface area (TPSA) is 80.9 Å². The van der Waals surface area contributed by atoms with Gasteiger partial charge >= 0.3 is 0 Å². The van der Waals surface area contributed by atoms with Crippen molar-refractivity contribution in [3.05, 3.63) is 65.0 Å². The second kappa shape index (κ2) is 4.25. The van der Waals surface area contributed by atoms with Crippen molar-refractivity contribution >= 4 is 5.57 Å². The molecule has 0 unspecified atom stereocenters.